The Morgan fingerprint density at radius 2 is 0.759 bits per heavy atom. The van der Waals surface area contributed by atoms with Crippen molar-refractivity contribution in [1.29, 1.82) is 0 Å². The molecule has 17 heteroatoms. The molecule has 1 rings (SSSR count). The number of hydrogen-bond acceptors (Lipinski definition) is 2. The third-order valence-corrected chi connectivity index (χ3v) is 3.76. The van der Waals surface area contributed by atoms with Crippen molar-refractivity contribution >= 4 is 5.97 Å². The third kappa shape index (κ3) is 2.44. The van der Waals surface area contributed by atoms with Gasteiger partial charge in [-0.3, -0.25) is 0 Å². The fraction of sp³-hybridized carbons (Fsp3) is 0.750. The predicted molar refractivity (Wildman–Crippen MR) is 59.4 cm³/mol. The Labute approximate surface area is 149 Å². The molecule has 0 heterocycles. The normalized spacial score (nSPS) is 29.8. The Hall–Kier alpha value is -1.84. The van der Waals surface area contributed by atoms with Crippen LogP contribution in [0.3, 0.4) is 0 Å². The van der Waals surface area contributed by atoms with Crippen molar-refractivity contribution in [2.24, 2.45) is 0 Å². The van der Waals surface area contributed by atoms with Gasteiger partial charge in [-0.05, 0) is 6.92 Å². The molecule has 1 aliphatic carbocycles. The average Bonchev–Trinajstić information content (AvgIpc) is 2.52. The molecule has 0 aromatic rings. The van der Waals surface area contributed by atoms with E-state index in [9.17, 15) is 70.7 Å². The Balaban J connectivity index is 4.18. The summed E-state index contributed by atoms with van der Waals surface area (Å²) in [4.78, 5) is 11.0. The molecule has 170 valence electrons. The van der Waals surface area contributed by atoms with Gasteiger partial charge in [0.05, 0.1) is 0 Å². The molecule has 0 radical (unpaired) electrons. The van der Waals surface area contributed by atoms with Gasteiger partial charge in [0.2, 0.25) is 0 Å². The van der Waals surface area contributed by atoms with E-state index >= 15 is 0 Å². The summed E-state index contributed by atoms with van der Waals surface area (Å²) in [7, 11) is 0. The summed E-state index contributed by atoms with van der Waals surface area (Å²) in [5.41, 5.74) is -1.47. The van der Waals surface area contributed by atoms with Gasteiger partial charge in [0.1, 0.15) is 0 Å². The van der Waals surface area contributed by atoms with Crippen molar-refractivity contribution in [3.63, 3.8) is 0 Å². The molecule has 0 aliphatic heterocycles. The molecule has 0 unspecified atom stereocenters. The maximum atomic E-state index is 14.3. The van der Waals surface area contributed by atoms with Crippen molar-refractivity contribution in [1.82, 2.24) is 0 Å². The van der Waals surface area contributed by atoms with Gasteiger partial charge in [-0.1, -0.05) is 6.58 Å². The number of rotatable bonds is 2. The summed E-state index contributed by atoms with van der Waals surface area (Å²) in [6.07, 6.45) is 0. The highest BCUT2D eigenvalue weighted by molar-refractivity contribution is 5.87. The summed E-state index contributed by atoms with van der Waals surface area (Å²) in [5.74, 6) is -68.1. The molecule has 29 heavy (non-hydrogen) atoms. The minimum absolute atomic E-state index is 0.290. The Bertz CT molecular complexity index is 681. The SMILES string of the molecule is C=C(C)C(=O)OC1(F)C(F)(F)C(F)(F)C(F)(F)C(F)(F)C(F)(F)C(F)(F)C1(F)F. The highest BCUT2D eigenvalue weighted by Crippen LogP contribution is 2.70. The molecule has 0 aromatic heterocycles. The first-order chi connectivity index (χ1) is 12.3. The van der Waals surface area contributed by atoms with Gasteiger partial charge in [0.25, 0.3) is 0 Å². The smallest absolute Gasteiger partial charge is 0.391 e. The van der Waals surface area contributed by atoms with Crippen LogP contribution in [-0.2, 0) is 9.53 Å². The molecule has 0 aromatic carbocycles. The number of ether oxygens (including phenoxy) is 1. The number of hydrogen-bond donors (Lipinski definition) is 0. The van der Waals surface area contributed by atoms with Gasteiger partial charge >= 0.3 is 53.3 Å². The Kier molecular flexibility index (Phi) is 5.09. The van der Waals surface area contributed by atoms with Crippen molar-refractivity contribution in [3.8, 4) is 0 Å². The first kappa shape index (κ1) is 25.2. The van der Waals surface area contributed by atoms with Gasteiger partial charge in [-0.25, -0.2) is 4.79 Å². The van der Waals surface area contributed by atoms with Crippen LogP contribution in [0.5, 0.6) is 0 Å². The zero-order chi connectivity index (χ0) is 23.9. The second-order valence-corrected chi connectivity index (χ2v) is 5.79. The molecule has 1 fully saturated rings. The lowest BCUT2D eigenvalue weighted by Gasteiger charge is -2.50. The van der Waals surface area contributed by atoms with Gasteiger partial charge in [0.15, 0.2) is 0 Å². The molecule has 0 bridgehead atoms. The first-order valence-electron chi connectivity index (χ1n) is 6.55. The van der Waals surface area contributed by atoms with E-state index in [4.69, 9.17) is 0 Å². The molecular weight excluding hydrogens is 461 g/mol. The van der Waals surface area contributed by atoms with E-state index in [0.717, 1.165) is 0 Å². The summed E-state index contributed by atoms with van der Waals surface area (Å²) < 4.78 is 205. The van der Waals surface area contributed by atoms with Crippen LogP contribution in [0, 0.1) is 0 Å². The lowest BCUT2D eigenvalue weighted by molar-refractivity contribution is -0.515. The van der Waals surface area contributed by atoms with Crippen LogP contribution < -0.4 is 0 Å². The number of alkyl halides is 15. The van der Waals surface area contributed by atoms with Crippen molar-refractivity contribution in [2.45, 2.75) is 54.2 Å². The van der Waals surface area contributed by atoms with E-state index in [-0.39, 0.29) is 0 Å². The standard InChI is InChI=1S/C12H5F15O2/c1-3(2)4(28)29-12(27)10(23,24)8(19,20)6(15,16)5(13,14)7(17,18)9(21,22)11(12,25)26/h1H2,2H3. The fourth-order valence-corrected chi connectivity index (χ4v) is 1.93. The molecular formula is C12H5F15O2. The molecule has 0 saturated heterocycles. The van der Waals surface area contributed by atoms with Crippen molar-refractivity contribution in [3.05, 3.63) is 12.2 Å². The highest BCUT2D eigenvalue weighted by atomic mass is 19.4. The van der Waals surface area contributed by atoms with Crippen molar-refractivity contribution in [2.75, 3.05) is 0 Å². The molecule has 0 spiro atoms. The predicted octanol–water partition coefficient (Wildman–Crippen LogP) is 5.23. The Morgan fingerprint density at radius 3 is 0.966 bits per heavy atom. The number of halogens is 15. The first-order valence-corrected chi connectivity index (χ1v) is 6.55. The minimum atomic E-state index is -8.28. The van der Waals surface area contributed by atoms with Crippen LogP contribution >= 0.6 is 0 Å². The van der Waals surface area contributed by atoms with E-state index in [2.05, 4.69) is 11.3 Å². The van der Waals surface area contributed by atoms with Gasteiger partial charge in [-0.15, -0.1) is 0 Å². The summed E-state index contributed by atoms with van der Waals surface area (Å²) in [6.45, 7) is 2.71. The molecule has 0 N–H and O–H groups in total. The molecule has 2 nitrogen and oxygen atoms in total. The van der Waals surface area contributed by atoms with Gasteiger partial charge < -0.3 is 4.74 Å². The zero-order valence-electron chi connectivity index (χ0n) is 13.2. The van der Waals surface area contributed by atoms with Crippen LogP contribution in [0.1, 0.15) is 6.92 Å². The van der Waals surface area contributed by atoms with E-state index < -0.39 is 58.9 Å². The number of carbonyl (C=O) groups is 1. The van der Waals surface area contributed by atoms with Crippen LogP contribution in [0.25, 0.3) is 0 Å². The zero-order valence-corrected chi connectivity index (χ0v) is 13.2. The summed E-state index contributed by atoms with van der Waals surface area (Å²) in [6, 6.07) is 0. The van der Waals surface area contributed by atoms with E-state index in [1.54, 1.807) is 0 Å². The molecule has 0 amide bonds. The maximum absolute atomic E-state index is 14.3. The maximum Gasteiger partial charge on any atom is 0.391 e. The molecule has 0 atom stereocenters. The summed E-state index contributed by atoms with van der Waals surface area (Å²) in [5, 5.41) is 0. The fourth-order valence-electron chi connectivity index (χ4n) is 1.93. The minimum Gasteiger partial charge on any atom is -0.413 e. The Morgan fingerprint density at radius 1 is 0.552 bits per heavy atom. The monoisotopic (exact) mass is 466 g/mol. The second kappa shape index (κ2) is 5.86. The van der Waals surface area contributed by atoms with Gasteiger partial charge in [0, 0.05) is 5.57 Å². The lowest BCUT2D eigenvalue weighted by Crippen LogP contribution is -2.84. The number of carbonyl (C=O) groups excluding carboxylic acids is 1. The van der Waals surface area contributed by atoms with Crippen LogP contribution in [0.15, 0.2) is 12.2 Å². The largest absolute Gasteiger partial charge is 0.413 e. The van der Waals surface area contributed by atoms with E-state index in [0.29, 0.717) is 6.92 Å². The molecule has 1 saturated carbocycles. The van der Waals surface area contributed by atoms with E-state index in [1.165, 1.54) is 0 Å². The van der Waals surface area contributed by atoms with Gasteiger partial charge in [-0.2, -0.15) is 65.9 Å². The quantitative estimate of drug-likeness (QED) is 0.317. The summed E-state index contributed by atoms with van der Waals surface area (Å²) >= 11 is 0. The van der Waals surface area contributed by atoms with E-state index in [1.807, 2.05) is 0 Å². The third-order valence-electron chi connectivity index (χ3n) is 3.76. The van der Waals surface area contributed by atoms with Crippen molar-refractivity contribution < 1.29 is 75.4 Å². The second-order valence-electron chi connectivity index (χ2n) is 5.79. The highest BCUT2D eigenvalue weighted by Gasteiger charge is 3.03. The average molecular weight is 466 g/mol. The lowest BCUT2D eigenvalue weighted by atomic mass is 9.79. The van der Waals surface area contributed by atoms with Crippen LogP contribution in [0.4, 0.5) is 65.9 Å². The number of esters is 1. The van der Waals surface area contributed by atoms with Crippen LogP contribution in [0.2, 0.25) is 0 Å². The topological polar surface area (TPSA) is 26.3 Å². The van der Waals surface area contributed by atoms with Crippen LogP contribution in [-0.4, -0.2) is 53.3 Å². The molecule has 1 aliphatic rings.